The van der Waals surface area contributed by atoms with Crippen LogP contribution in [0.15, 0.2) is 37.1 Å². The molecular formula is C29H30ClFN6O3. The maximum atomic E-state index is 16.6. The summed E-state index contributed by atoms with van der Waals surface area (Å²) in [5, 5.41) is 8.61. The quantitative estimate of drug-likeness (QED) is 0.332. The third kappa shape index (κ3) is 4.86. The van der Waals surface area contributed by atoms with Crippen LogP contribution in [0.4, 0.5) is 10.2 Å². The van der Waals surface area contributed by atoms with E-state index < -0.39 is 5.82 Å². The Hall–Kier alpha value is -3.76. The molecule has 11 heteroatoms. The fraction of sp³-hybridized carbons (Fsp3) is 0.379. The first-order chi connectivity index (χ1) is 19.4. The fourth-order valence-electron chi connectivity index (χ4n) is 5.53. The molecule has 0 bridgehead atoms. The summed E-state index contributed by atoms with van der Waals surface area (Å²) in [6.45, 7) is 9.32. The van der Waals surface area contributed by atoms with E-state index in [2.05, 4.69) is 21.8 Å². The van der Waals surface area contributed by atoms with Crippen LogP contribution in [0, 0.1) is 18.7 Å². The number of benzene rings is 2. The Bertz CT molecular complexity index is 1590. The van der Waals surface area contributed by atoms with E-state index in [1.54, 1.807) is 17.2 Å². The maximum Gasteiger partial charge on any atom is 0.319 e. The van der Waals surface area contributed by atoms with Gasteiger partial charge in [0.2, 0.25) is 5.91 Å². The molecule has 0 aliphatic carbocycles. The van der Waals surface area contributed by atoms with Gasteiger partial charge >= 0.3 is 6.01 Å². The van der Waals surface area contributed by atoms with Crippen LogP contribution in [-0.2, 0) is 9.53 Å². The zero-order valence-electron chi connectivity index (χ0n) is 22.3. The minimum absolute atomic E-state index is 0.115. The molecule has 2 aliphatic heterocycles. The predicted molar refractivity (Wildman–Crippen MR) is 152 cm³/mol. The van der Waals surface area contributed by atoms with Gasteiger partial charge in [-0.2, -0.15) is 15.1 Å². The number of carbonyl (C=O) groups excluding carboxylic acids is 1. The van der Waals surface area contributed by atoms with Crippen LogP contribution >= 0.6 is 11.6 Å². The van der Waals surface area contributed by atoms with Gasteiger partial charge in [-0.3, -0.25) is 9.89 Å². The van der Waals surface area contributed by atoms with Crippen molar-refractivity contribution in [3.8, 4) is 17.1 Å². The highest BCUT2D eigenvalue weighted by Gasteiger charge is 2.27. The highest BCUT2D eigenvalue weighted by atomic mass is 35.5. The van der Waals surface area contributed by atoms with E-state index in [9.17, 15) is 4.79 Å². The van der Waals surface area contributed by atoms with Crippen LogP contribution < -0.4 is 9.64 Å². The summed E-state index contributed by atoms with van der Waals surface area (Å²) < 4.78 is 28.1. The number of aromatic amines is 1. The Kier molecular flexibility index (Phi) is 7.29. The molecule has 0 unspecified atom stereocenters. The molecule has 9 nitrogen and oxygen atoms in total. The zero-order valence-corrected chi connectivity index (χ0v) is 23.0. The van der Waals surface area contributed by atoms with E-state index in [1.165, 1.54) is 6.08 Å². The minimum Gasteiger partial charge on any atom is -0.463 e. The summed E-state index contributed by atoms with van der Waals surface area (Å²) in [5.41, 5.74) is 2.71. The van der Waals surface area contributed by atoms with Crippen molar-refractivity contribution in [2.75, 3.05) is 50.9 Å². The van der Waals surface area contributed by atoms with Crippen LogP contribution in [0.1, 0.15) is 18.4 Å². The molecule has 0 spiro atoms. The molecule has 6 rings (SSSR count). The van der Waals surface area contributed by atoms with Crippen LogP contribution in [-0.4, -0.2) is 77.0 Å². The largest absolute Gasteiger partial charge is 0.463 e. The van der Waals surface area contributed by atoms with Crippen molar-refractivity contribution >= 4 is 45.1 Å². The second-order valence-corrected chi connectivity index (χ2v) is 10.7. The normalized spacial score (nSPS) is 16.6. The average molecular weight is 565 g/mol. The fourth-order valence-corrected chi connectivity index (χ4v) is 5.81. The number of anilines is 1. The van der Waals surface area contributed by atoms with E-state index in [4.69, 9.17) is 26.1 Å². The molecule has 0 radical (unpaired) electrons. The van der Waals surface area contributed by atoms with Gasteiger partial charge in [0.15, 0.2) is 5.82 Å². The lowest BCUT2D eigenvalue weighted by Crippen LogP contribution is -2.48. The number of aromatic nitrogens is 4. The predicted octanol–water partition coefficient (Wildman–Crippen LogP) is 4.91. The number of hydrogen-bond acceptors (Lipinski definition) is 7. The lowest BCUT2D eigenvalue weighted by molar-refractivity contribution is -0.126. The van der Waals surface area contributed by atoms with E-state index in [1.807, 2.05) is 24.0 Å². The van der Waals surface area contributed by atoms with Crippen molar-refractivity contribution < 1.29 is 18.7 Å². The standard InChI is InChI=1S/C29H30ClFN6O3/c1-3-23(38)36-8-10-37(11-9-36)28-19-14-21(30)25(24-17(2)4-5-22-20(24)15-32-35-22)26(31)27(19)33-29(34-28)40-16-18-6-12-39-13-7-18/h3-5,14-15,18H,1,6-13,16H2,2H3,(H,32,35). The zero-order chi connectivity index (χ0) is 27.8. The summed E-state index contributed by atoms with van der Waals surface area (Å²) >= 11 is 6.83. The van der Waals surface area contributed by atoms with Gasteiger partial charge in [0.05, 0.1) is 23.3 Å². The van der Waals surface area contributed by atoms with Crippen molar-refractivity contribution in [1.82, 2.24) is 25.1 Å². The van der Waals surface area contributed by atoms with Crippen molar-refractivity contribution in [1.29, 1.82) is 0 Å². The van der Waals surface area contributed by atoms with Crippen molar-refractivity contribution in [3.05, 3.63) is 53.5 Å². The van der Waals surface area contributed by atoms with Crippen LogP contribution in [0.25, 0.3) is 32.9 Å². The van der Waals surface area contributed by atoms with E-state index in [-0.39, 0.29) is 28.0 Å². The molecule has 1 amide bonds. The smallest absolute Gasteiger partial charge is 0.319 e. The SMILES string of the molecule is C=CC(=O)N1CCN(c2nc(OCC3CCOCC3)nc3c(F)c(-c4c(C)ccc5[nH]ncc45)c(Cl)cc23)CC1. The van der Waals surface area contributed by atoms with Gasteiger partial charge in [0.1, 0.15) is 11.3 Å². The van der Waals surface area contributed by atoms with Gasteiger partial charge in [-0.25, -0.2) is 4.39 Å². The Morgan fingerprint density at radius 2 is 1.98 bits per heavy atom. The Morgan fingerprint density at radius 3 is 2.73 bits per heavy atom. The molecule has 4 aromatic rings. The molecule has 40 heavy (non-hydrogen) atoms. The van der Waals surface area contributed by atoms with Gasteiger partial charge in [-0.05, 0) is 49.5 Å². The van der Waals surface area contributed by atoms with Gasteiger partial charge in [0, 0.05) is 61.3 Å². The molecule has 2 aromatic heterocycles. The van der Waals surface area contributed by atoms with Gasteiger partial charge in [0.25, 0.3) is 0 Å². The molecule has 4 heterocycles. The molecule has 1 N–H and O–H groups in total. The molecule has 2 saturated heterocycles. The number of ether oxygens (including phenoxy) is 2. The lowest BCUT2D eigenvalue weighted by Gasteiger charge is -2.35. The van der Waals surface area contributed by atoms with E-state index >= 15 is 4.39 Å². The molecule has 2 aromatic carbocycles. The first-order valence-corrected chi connectivity index (χ1v) is 13.8. The van der Waals surface area contributed by atoms with Crippen molar-refractivity contribution in [3.63, 3.8) is 0 Å². The second-order valence-electron chi connectivity index (χ2n) is 10.2. The summed E-state index contributed by atoms with van der Waals surface area (Å²) in [6.07, 6.45) is 4.77. The Labute approximate surface area is 235 Å². The van der Waals surface area contributed by atoms with Gasteiger partial charge in [-0.1, -0.05) is 24.2 Å². The third-order valence-corrected chi connectivity index (χ3v) is 8.08. The number of fused-ring (bicyclic) bond motifs is 2. The molecule has 2 aliphatic rings. The highest BCUT2D eigenvalue weighted by Crippen LogP contribution is 2.42. The van der Waals surface area contributed by atoms with Crippen LogP contribution in [0.2, 0.25) is 5.02 Å². The van der Waals surface area contributed by atoms with Gasteiger partial charge in [-0.15, -0.1) is 0 Å². The average Bonchev–Trinajstić information content (AvgIpc) is 3.46. The number of amides is 1. The monoisotopic (exact) mass is 564 g/mol. The number of hydrogen-bond donors (Lipinski definition) is 1. The number of H-pyrrole nitrogens is 1. The molecule has 2 fully saturated rings. The second kappa shape index (κ2) is 11.0. The Balaban J connectivity index is 1.46. The maximum absolute atomic E-state index is 16.6. The van der Waals surface area contributed by atoms with E-state index in [0.717, 1.165) is 29.3 Å². The number of piperazine rings is 1. The van der Waals surface area contributed by atoms with Gasteiger partial charge < -0.3 is 19.3 Å². The summed E-state index contributed by atoms with van der Waals surface area (Å²) in [6, 6.07) is 5.66. The van der Waals surface area contributed by atoms with Crippen molar-refractivity contribution in [2.24, 2.45) is 5.92 Å². The topological polar surface area (TPSA) is 96.5 Å². The molecule has 208 valence electrons. The summed E-state index contributed by atoms with van der Waals surface area (Å²) in [4.78, 5) is 25.2. The lowest BCUT2D eigenvalue weighted by atomic mass is 9.95. The molecule has 0 saturated carbocycles. The number of nitrogens with one attached hydrogen (secondary N) is 1. The first-order valence-electron chi connectivity index (χ1n) is 13.4. The number of carbonyl (C=O) groups is 1. The van der Waals surface area contributed by atoms with Crippen LogP contribution in [0.5, 0.6) is 6.01 Å². The summed E-state index contributed by atoms with van der Waals surface area (Å²) in [5.74, 6) is 0.190. The number of aryl methyl sites for hydroxylation is 1. The number of halogens is 2. The molecule has 0 atom stereocenters. The first kappa shape index (κ1) is 26.5. The van der Waals surface area contributed by atoms with Crippen molar-refractivity contribution in [2.45, 2.75) is 19.8 Å². The number of nitrogens with zero attached hydrogens (tertiary/aromatic N) is 5. The number of rotatable bonds is 6. The summed E-state index contributed by atoms with van der Waals surface area (Å²) in [7, 11) is 0. The Morgan fingerprint density at radius 1 is 1.20 bits per heavy atom. The minimum atomic E-state index is -0.542. The van der Waals surface area contributed by atoms with E-state index in [0.29, 0.717) is 68.7 Å². The third-order valence-electron chi connectivity index (χ3n) is 7.78. The van der Waals surface area contributed by atoms with Crippen LogP contribution in [0.3, 0.4) is 0 Å². The highest BCUT2D eigenvalue weighted by molar-refractivity contribution is 6.35. The molecular weight excluding hydrogens is 535 g/mol.